The first-order valence-electron chi connectivity index (χ1n) is 7.96. The molecule has 0 aromatic heterocycles. The minimum absolute atomic E-state index is 0.204. The second-order valence-corrected chi connectivity index (χ2v) is 7.01. The van der Waals surface area contributed by atoms with Gasteiger partial charge in [-0.25, -0.2) is 4.39 Å². The van der Waals surface area contributed by atoms with Gasteiger partial charge in [-0.3, -0.25) is 4.79 Å². The van der Waals surface area contributed by atoms with Crippen LogP contribution in [0.25, 0.3) is 0 Å². The molecule has 0 aliphatic carbocycles. The molecule has 0 unspecified atom stereocenters. The SMILES string of the molecule is CC1=NN(C(=O)CSCc2ccccc2)[C@](O)(c2ccc(F)cc2)C1. The zero-order valence-corrected chi connectivity index (χ0v) is 14.7. The van der Waals surface area contributed by atoms with Gasteiger partial charge < -0.3 is 5.11 Å². The van der Waals surface area contributed by atoms with Gasteiger partial charge in [-0.15, -0.1) is 11.8 Å². The van der Waals surface area contributed by atoms with Gasteiger partial charge in [0, 0.05) is 23.4 Å². The molecule has 0 saturated heterocycles. The molecule has 25 heavy (non-hydrogen) atoms. The summed E-state index contributed by atoms with van der Waals surface area (Å²) in [6, 6.07) is 15.4. The third kappa shape index (κ3) is 3.91. The second kappa shape index (κ2) is 7.37. The molecule has 1 aliphatic rings. The van der Waals surface area contributed by atoms with Crippen LogP contribution in [0.1, 0.15) is 24.5 Å². The Kier molecular flexibility index (Phi) is 5.20. The lowest BCUT2D eigenvalue weighted by Gasteiger charge is -2.31. The smallest absolute Gasteiger partial charge is 0.255 e. The van der Waals surface area contributed by atoms with Crippen LogP contribution in [0.15, 0.2) is 59.7 Å². The average molecular weight is 358 g/mol. The van der Waals surface area contributed by atoms with E-state index < -0.39 is 5.72 Å². The fraction of sp³-hybridized carbons (Fsp3) is 0.263. The number of aliphatic hydroxyl groups is 1. The van der Waals surface area contributed by atoms with E-state index >= 15 is 0 Å². The summed E-state index contributed by atoms with van der Waals surface area (Å²) in [4.78, 5) is 12.6. The molecule has 130 valence electrons. The minimum atomic E-state index is -1.55. The van der Waals surface area contributed by atoms with Crippen molar-refractivity contribution >= 4 is 23.4 Å². The first-order valence-corrected chi connectivity index (χ1v) is 9.12. The highest BCUT2D eigenvalue weighted by Gasteiger charge is 2.44. The maximum Gasteiger partial charge on any atom is 0.255 e. The molecule has 1 heterocycles. The Hall–Kier alpha value is -2.18. The van der Waals surface area contributed by atoms with E-state index in [9.17, 15) is 14.3 Å². The van der Waals surface area contributed by atoms with Crippen LogP contribution in [-0.2, 0) is 16.3 Å². The van der Waals surface area contributed by atoms with Crippen LogP contribution in [0.4, 0.5) is 4.39 Å². The van der Waals surface area contributed by atoms with Crippen LogP contribution in [0, 0.1) is 5.82 Å². The minimum Gasteiger partial charge on any atom is -0.365 e. The Labute approximate surface area is 150 Å². The van der Waals surface area contributed by atoms with E-state index in [1.807, 2.05) is 30.3 Å². The number of carbonyl (C=O) groups excluding carboxylic acids is 1. The Morgan fingerprint density at radius 1 is 1.24 bits per heavy atom. The molecule has 1 N–H and O–H groups in total. The highest BCUT2D eigenvalue weighted by atomic mass is 32.2. The molecular weight excluding hydrogens is 339 g/mol. The number of halogens is 1. The normalized spacial score (nSPS) is 19.8. The van der Waals surface area contributed by atoms with E-state index in [4.69, 9.17) is 0 Å². The number of hydrogen-bond donors (Lipinski definition) is 1. The number of rotatable bonds is 5. The number of nitrogens with zero attached hydrogens (tertiary/aromatic N) is 2. The van der Waals surface area contributed by atoms with Gasteiger partial charge in [0.1, 0.15) is 5.82 Å². The molecule has 6 heteroatoms. The zero-order chi connectivity index (χ0) is 17.9. The fourth-order valence-corrected chi connectivity index (χ4v) is 3.64. The van der Waals surface area contributed by atoms with Gasteiger partial charge in [0.2, 0.25) is 0 Å². The van der Waals surface area contributed by atoms with E-state index in [0.29, 0.717) is 17.0 Å². The van der Waals surface area contributed by atoms with E-state index in [-0.39, 0.29) is 23.9 Å². The van der Waals surface area contributed by atoms with Gasteiger partial charge >= 0.3 is 0 Å². The molecule has 2 aromatic carbocycles. The van der Waals surface area contributed by atoms with E-state index in [0.717, 1.165) is 10.6 Å². The first kappa shape index (κ1) is 17.6. The van der Waals surface area contributed by atoms with Crippen molar-refractivity contribution in [3.8, 4) is 0 Å². The van der Waals surface area contributed by atoms with E-state index in [2.05, 4.69) is 5.10 Å². The van der Waals surface area contributed by atoms with Gasteiger partial charge in [-0.1, -0.05) is 42.5 Å². The van der Waals surface area contributed by atoms with Crippen molar-refractivity contribution in [2.24, 2.45) is 5.10 Å². The summed E-state index contributed by atoms with van der Waals surface area (Å²) in [7, 11) is 0. The molecule has 2 aromatic rings. The Balaban J connectivity index is 1.69. The molecule has 3 rings (SSSR count). The third-order valence-electron chi connectivity index (χ3n) is 4.00. The summed E-state index contributed by atoms with van der Waals surface area (Å²) in [5, 5.41) is 16.4. The molecule has 4 nitrogen and oxygen atoms in total. The molecular formula is C19H19FN2O2S. The Morgan fingerprint density at radius 3 is 2.60 bits per heavy atom. The summed E-state index contributed by atoms with van der Waals surface area (Å²) in [6.45, 7) is 1.76. The predicted molar refractivity (Wildman–Crippen MR) is 97.5 cm³/mol. The summed E-state index contributed by atoms with van der Waals surface area (Å²) in [5.41, 5.74) is 0.696. The number of hydrogen-bond acceptors (Lipinski definition) is 4. The lowest BCUT2D eigenvalue weighted by atomic mass is 9.97. The summed E-state index contributed by atoms with van der Waals surface area (Å²) >= 11 is 1.47. The van der Waals surface area contributed by atoms with Gasteiger partial charge in [-0.05, 0) is 24.6 Å². The van der Waals surface area contributed by atoms with E-state index in [1.165, 1.54) is 36.0 Å². The molecule has 0 bridgehead atoms. The maximum atomic E-state index is 13.2. The lowest BCUT2D eigenvalue weighted by molar-refractivity contribution is -0.154. The van der Waals surface area contributed by atoms with Crippen molar-refractivity contribution in [1.29, 1.82) is 0 Å². The van der Waals surface area contributed by atoms with Crippen molar-refractivity contribution in [3.63, 3.8) is 0 Å². The van der Waals surface area contributed by atoms with Crippen LogP contribution in [-0.4, -0.2) is 27.5 Å². The van der Waals surface area contributed by atoms with Gasteiger partial charge in [0.15, 0.2) is 5.72 Å². The van der Waals surface area contributed by atoms with Crippen LogP contribution in [0.5, 0.6) is 0 Å². The summed E-state index contributed by atoms with van der Waals surface area (Å²) < 4.78 is 13.2. The lowest BCUT2D eigenvalue weighted by Crippen LogP contribution is -2.44. The van der Waals surface area contributed by atoms with Crippen LogP contribution in [0.3, 0.4) is 0 Å². The first-order chi connectivity index (χ1) is 12.0. The second-order valence-electron chi connectivity index (χ2n) is 6.02. The third-order valence-corrected chi connectivity index (χ3v) is 4.99. The van der Waals surface area contributed by atoms with Gasteiger partial charge in [0.05, 0.1) is 5.75 Å². The number of benzene rings is 2. The molecule has 0 fully saturated rings. The molecule has 0 radical (unpaired) electrons. The standard InChI is InChI=1S/C19H19FN2O2S/c1-14-11-19(24,16-7-9-17(20)10-8-16)22(21-14)18(23)13-25-12-15-5-3-2-4-6-15/h2-10,24H,11-13H2,1H3/t19-/m1/s1. The zero-order valence-electron chi connectivity index (χ0n) is 13.9. The van der Waals surface area contributed by atoms with Crippen LogP contribution in [0.2, 0.25) is 0 Å². The van der Waals surface area contributed by atoms with Crippen molar-refractivity contribution in [3.05, 3.63) is 71.5 Å². The summed E-state index contributed by atoms with van der Waals surface area (Å²) in [6.07, 6.45) is 0.216. The monoisotopic (exact) mass is 358 g/mol. The number of thioether (sulfide) groups is 1. The van der Waals surface area contributed by atoms with E-state index in [1.54, 1.807) is 6.92 Å². The molecule has 0 spiro atoms. The molecule has 0 saturated carbocycles. The highest BCUT2D eigenvalue weighted by Crippen LogP contribution is 2.35. The van der Waals surface area contributed by atoms with Crippen molar-refractivity contribution in [2.45, 2.75) is 24.8 Å². The number of carbonyl (C=O) groups is 1. The van der Waals surface area contributed by atoms with Crippen LogP contribution >= 0.6 is 11.8 Å². The number of amides is 1. The molecule has 1 atom stereocenters. The van der Waals surface area contributed by atoms with Gasteiger partial charge in [-0.2, -0.15) is 10.1 Å². The van der Waals surface area contributed by atoms with Gasteiger partial charge in [0.25, 0.3) is 5.91 Å². The number of hydrazone groups is 1. The van der Waals surface area contributed by atoms with Crippen LogP contribution < -0.4 is 0 Å². The molecule has 1 amide bonds. The maximum absolute atomic E-state index is 13.2. The van der Waals surface area contributed by atoms with Crippen molar-refractivity contribution in [2.75, 3.05) is 5.75 Å². The Morgan fingerprint density at radius 2 is 1.92 bits per heavy atom. The fourth-order valence-electron chi connectivity index (χ4n) is 2.82. The largest absolute Gasteiger partial charge is 0.365 e. The summed E-state index contributed by atoms with van der Waals surface area (Å²) in [5.74, 6) is 0.247. The topological polar surface area (TPSA) is 52.9 Å². The predicted octanol–water partition coefficient (Wildman–Crippen LogP) is 3.51. The highest BCUT2D eigenvalue weighted by molar-refractivity contribution is 7.99. The average Bonchev–Trinajstić information content (AvgIpc) is 2.92. The Bertz CT molecular complexity index is 780. The quantitative estimate of drug-likeness (QED) is 0.890. The van der Waals surface area contributed by atoms with Crippen molar-refractivity contribution in [1.82, 2.24) is 5.01 Å². The molecule has 1 aliphatic heterocycles. The van der Waals surface area contributed by atoms with Crippen molar-refractivity contribution < 1.29 is 14.3 Å².